The summed E-state index contributed by atoms with van der Waals surface area (Å²) in [5.74, 6) is -27.2. The van der Waals surface area contributed by atoms with Gasteiger partial charge in [-0.1, -0.05) is 58.3 Å². The molecule has 0 amide bonds. The van der Waals surface area contributed by atoms with Crippen molar-refractivity contribution >= 4 is 0 Å². The lowest BCUT2D eigenvalue weighted by Gasteiger charge is -2.37. The van der Waals surface area contributed by atoms with Crippen molar-refractivity contribution in [3.8, 4) is 0 Å². The number of hydrogen-bond acceptors (Lipinski definition) is 0. The maximum Gasteiger partial charge on any atom is 0.460 e. The summed E-state index contributed by atoms with van der Waals surface area (Å²) in [7, 11) is 0. The zero-order valence-electron chi connectivity index (χ0n) is 14.7. The van der Waals surface area contributed by atoms with E-state index in [1.54, 1.807) is 0 Å². The molecule has 0 aliphatic heterocycles. The first-order valence-corrected chi connectivity index (χ1v) is 8.64. The Labute approximate surface area is 150 Å². The van der Waals surface area contributed by atoms with Gasteiger partial charge in [-0.15, -0.1) is 0 Å². The third-order valence-electron chi connectivity index (χ3n) is 4.20. The normalized spacial score (nSPS) is 14.7. The van der Waals surface area contributed by atoms with E-state index in [0.717, 1.165) is 32.1 Å². The maximum absolute atomic E-state index is 13.4. The lowest BCUT2D eigenvalue weighted by Crippen LogP contribution is -2.66. The molecular weight excluding hydrogens is 401 g/mol. The Morgan fingerprint density at radius 3 is 1.19 bits per heavy atom. The van der Waals surface area contributed by atoms with Crippen molar-refractivity contribution in [2.45, 2.75) is 101 Å². The molecule has 0 unspecified atom stereocenters. The second kappa shape index (κ2) is 9.62. The monoisotopic (exact) mass is 424 g/mol. The quantitative estimate of drug-likeness (QED) is 0.208. The minimum Gasteiger partial charge on any atom is -0.200 e. The predicted molar refractivity (Wildman–Crippen MR) is 77.7 cm³/mol. The van der Waals surface area contributed by atoms with Crippen LogP contribution in [0.3, 0.4) is 0 Å². The SMILES string of the molecule is CCCCCCCCCCCC(F)(F)C(F)(F)C(F)(F)C(F)(F)C(F)(F)F. The van der Waals surface area contributed by atoms with E-state index in [1.165, 1.54) is 0 Å². The molecule has 0 aromatic heterocycles. The third kappa shape index (κ3) is 6.10. The maximum atomic E-state index is 13.4. The van der Waals surface area contributed by atoms with Crippen LogP contribution < -0.4 is 0 Å². The van der Waals surface area contributed by atoms with Crippen LogP contribution in [0.5, 0.6) is 0 Å². The van der Waals surface area contributed by atoms with E-state index in [2.05, 4.69) is 0 Å². The summed E-state index contributed by atoms with van der Waals surface area (Å²) in [6, 6.07) is 0. The molecule has 0 bridgehead atoms. The largest absolute Gasteiger partial charge is 0.460 e. The van der Waals surface area contributed by atoms with Crippen LogP contribution in [0, 0.1) is 0 Å². The van der Waals surface area contributed by atoms with Crippen molar-refractivity contribution < 1.29 is 48.3 Å². The van der Waals surface area contributed by atoms with Crippen molar-refractivity contribution in [1.82, 2.24) is 0 Å². The van der Waals surface area contributed by atoms with Crippen LogP contribution in [0.4, 0.5) is 48.3 Å². The summed E-state index contributed by atoms with van der Waals surface area (Å²) < 4.78 is 141. The van der Waals surface area contributed by atoms with E-state index >= 15 is 0 Å². The molecule has 0 rings (SSSR count). The van der Waals surface area contributed by atoms with Crippen LogP contribution in [0.1, 0.15) is 71.1 Å². The molecule has 0 aromatic carbocycles. The molecule has 0 nitrogen and oxygen atoms in total. The summed E-state index contributed by atoms with van der Waals surface area (Å²) in [5, 5.41) is 0. The molecule has 0 fully saturated rings. The summed E-state index contributed by atoms with van der Waals surface area (Å²) in [6.07, 6.45) is -4.18. The van der Waals surface area contributed by atoms with Gasteiger partial charge in [-0.2, -0.15) is 48.3 Å². The van der Waals surface area contributed by atoms with Crippen molar-refractivity contribution in [2.24, 2.45) is 0 Å². The van der Waals surface area contributed by atoms with Crippen molar-refractivity contribution in [2.75, 3.05) is 0 Å². The van der Waals surface area contributed by atoms with Gasteiger partial charge < -0.3 is 0 Å². The number of unbranched alkanes of at least 4 members (excludes halogenated alkanes) is 8. The molecule has 27 heavy (non-hydrogen) atoms. The first-order valence-electron chi connectivity index (χ1n) is 8.64. The van der Waals surface area contributed by atoms with Gasteiger partial charge in [0.2, 0.25) is 0 Å². The summed E-state index contributed by atoms with van der Waals surface area (Å²) in [5.41, 5.74) is 0. The van der Waals surface area contributed by atoms with E-state index in [1.807, 2.05) is 6.92 Å². The van der Waals surface area contributed by atoms with Crippen LogP contribution in [-0.4, -0.2) is 29.9 Å². The van der Waals surface area contributed by atoms with Gasteiger partial charge in [0.15, 0.2) is 0 Å². The Balaban J connectivity index is 4.71. The van der Waals surface area contributed by atoms with Crippen LogP contribution in [0.2, 0.25) is 0 Å². The van der Waals surface area contributed by atoms with Crippen molar-refractivity contribution in [1.29, 1.82) is 0 Å². The Morgan fingerprint density at radius 2 is 0.815 bits per heavy atom. The van der Waals surface area contributed by atoms with Gasteiger partial charge >= 0.3 is 29.9 Å². The number of halogens is 11. The van der Waals surface area contributed by atoms with Crippen LogP contribution in [0.15, 0.2) is 0 Å². The minimum absolute atomic E-state index is 0.0549. The Kier molecular flexibility index (Phi) is 9.35. The van der Waals surface area contributed by atoms with Gasteiger partial charge in [-0.25, -0.2) is 0 Å². The zero-order valence-corrected chi connectivity index (χ0v) is 14.7. The van der Waals surface area contributed by atoms with Crippen LogP contribution in [-0.2, 0) is 0 Å². The van der Waals surface area contributed by atoms with E-state index in [4.69, 9.17) is 0 Å². The van der Waals surface area contributed by atoms with Gasteiger partial charge in [0.1, 0.15) is 0 Å². The van der Waals surface area contributed by atoms with E-state index in [9.17, 15) is 48.3 Å². The average Bonchev–Trinajstić information content (AvgIpc) is 2.51. The highest BCUT2D eigenvalue weighted by Crippen LogP contribution is 2.58. The second-order valence-electron chi connectivity index (χ2n) is 6.50. The highest BCUT2D eigenvalue weighted by atomic mass is 19.4. The lowest BCUT2D eigenvalue weighted by molar-refractivity contribution is -0.422. The molecule has 0 aromatic rings. The molecule has 11 heteroatoms. The molecule has 0 saturated heterocycles. The first kappa shape index (κ1) is 26.2. The van der Waals surface area contributed by atoms with Crippen LogP contribution in [0.25, 0.3) is 0 Å². The zero-order chi connectivity index (χ0) is 21.6. The molecular formula is C16H23F11. The molecule has 0 radical (unpaired) electrons. The van der Waals surface area contributed by atoms with E-state index < -0.39 is 42.7 Å². The molecule has 0 spiro atoms. The van der Waals surface area contributed by atoms with Crippen molar-refractivity contribution in [3.05, 3.63) is 0 Å². The fourth-order valence-electron chi connectivity index (χ4n) is 2.42. The first-order chi connectivity index (χ1) is 12.1. The molecule has 0 aliphatic rings. The number of rotatable bonds is 13. The topological polar surface area (TPSA) is 0 Å². The second-order valence-corrected chi connectivity index (χ2v) is 6.50. The highest BCUT2D eigenvalue weighted by molar-refractivity contribution is 5.06. The molecule has 0 saturated carbocycles. The number of hydrogen-bond donors (Lipinski definition) is 0. The fourth-order valence-corrected chi connectivity index (χ4v) is 2.42. The molecule has 0 aliphatic carbocycles. The highest BCUT2D eigenvalue weighted by Gasteiger charge is 2.86. The van der Waals surface area contributed by atoms with Gasteiger partial charge in [0, 0.05) is 6.42 Å². The standard InChI is InChI=1S/C16H23F11/c1-2-3-4-5-6-7-8-9-10-11-12(17,18)13(19,20)14(21,22)15(23,24)16(25,26)27/h2-11H2,1H3. The Bertz CT molecular complexity index is 427. The summed E-state index contributed by atoms with van der Waals surface area (Å²) in [6.45, 7) is 2.00. The molecule has 0 N–H and O–H groups in total. The Hall–Kier alpha value is -0.770. The van der Waals surface area contributed by atoms with E-state index in [-0.39, 0.29) is 6.42 Å². The van der Waals surface area contributed by atoms with Crippen molar-refractivity contribution in [3.63, 3.8) is 0 Å². The fraction of sp³-hybridized carbons (Fsp3) is 1.00. The van der Waals surface area contributed by atoms with Gasteiger partial charge in [0.05, 0.1) is 0 Å². The average molecular weight is 424 g/mol. The summed E-state index contributed by atoms with van der Waals surface area (Å²) in [4.78, 5) is 0. The van der Waals surface area contributed by atoms with Gasteiger partial charge in [0.25, 0.3) is 0 Å². The smallest absolute Gasteiger partial charge is 0.200 e. The predicted octanol–water partition coefficient (Wildman–Crippen LogP) is 8.01. The lowest BCUT2D eigenvalue weighted by atomic mass is 9.94. The van der Waals surface area contributed by atoms with Gasteiger partial charge in [-0.3, -0.25) is 0 Å². The molecule has 164 valence electrons. The number of alkyl halides is 11. The Morgan fingerprint density at radius 1 is 0.444 bits per heavy atom. The third-order valence-corrected chi connectivity index (χ3v) is 4.20. The minimum atomic E-state index is -7.30. The van der Waals surface area contributed by atoms with Gasteiger partial charge in [-0.05, 0) is 6.42 Å². The van der Waals surface area contributed by atoms with Crippen LogP contribution >= 0.6 is 0 Å². The molecule has 0 atom stereocenters. The summed E-state index contributed by atoms with van der Waals surface area (Å²) >= 11 is 0. The van der Waals surface area contributed by atoms with E-state index in [0.29, 0.717) is 12.8 Å². The molecule has 0 heterocycles.